The van der Waals surface area contributed by atoms with E-state index < -0.39 is 0 Å². The molecule has 1 aromatic heterocycles. The van der Waals surface area contributed by atoms with Gasteiger partial charge in [0, 0.05) is 25.6 Å². The first kappa shape index (κ1) is 12.2. The molecule has 5 heteroatoms. The number of nitrogens with one attached hydrogen (secondary N) is 1. The summed E-state index contributed by atoms with van der Waals surface area (Å²) in [6.07, 6.45) is 3.79. The van der Waals surface area contributed by atoms with Gasteiger partial charge in [0.15, 0.2) is 0 Å². The van der Waals surface area contributed by atoms with Gasteiger partial charge in [-0.25, -0.2) is 4.68 Å². The van der Waals surface area contributed by atoms with Crippen LogP contribution in [0.3, 0.4) is 0 Å². The summed E-state index contributed by atoms with van der Waals surface area (Å²) < 4.78 is 1.43. The summed E-state index contributed by atoms with van der Waals surface area (Å²) in [7, 11) is 0. The second-order valence-electron chi connectivity index (χ2n) is 3.45. The molecule has 0 unspecified atom stereocenters. The van der Waals surface area contributed by atoms with Crippen molar-refractivity contribution in [2.24, 2.45) is 0 Å². The fourth-order valence-corrected chi connectivity index (χ4v) is 1.37. The van der Waals surface area contributed by atoms with Crippen LogP contribution in [-0.2, 0) is 6.54 Å². The van der Waals surface area contributed by atoms with Crippen molar-refractivity contribution in [3.05, 3.63) is 22.6 Å². The number of anilines is 1. The number of rotatable bonds is 6. The second-order valence-corrected chi connectivity index (χ2v) is 3.45. The largest absolute Gasteiger partial charge is 0.384 e. The van der Waals surface area contributed by atoms with E-state index in [9.17, 15) is 4.79 Å². The fraction of sp³-hybridized carbons (Fsp3) is 0.545. The average Bonchev–Trinajstić information content (AvgIpc) is 2.27. The molecule has 0 atom stereocenters. The molecule has 0 aliphatic rings. The van der Waals surface area contributed by atoms with Crippen LogP contribution < -0.4 is 10.9 Å². The molecule has 1 aromatic rings. The van der Waals surface area contributed by atoms with E-state index in [1.54, 1.807) is 12.3 Å². The Morgan fingerprint density at radius 1 is 1.56 bits per heavy atom. The lowest BCUT2D eigenvalue weighted by Crippen LogP contribution is -2.22. The molecular weight excluding hydrogens is 204 g/mol. The maximum absolute atomic E-state index is 11.6. The van der Waals surface area contributed by atoms with Crippen LogP contribution in [0.2, 0.25) is 0 Å². The Kier molecular flexibility index (Phi) is 5.06. The summed E-state index contributed by atoms with van der Waals surface area (Å²) in [5, 5.41) is 15.5. The first-order valence-corrected chi connectivity index (χ1v) is 5.46. The van der Waals surface area contributed by atoms with Crippen LogP contribution in [0.25, 0.3) is 0 Å². The molecule has 0 aliphatic heterocycles. The Morgan fingerprint density at radius 3 is 3.00 bits per heavy atom. The third kappa shape index (κ3) is 3.73. The SMILES string of the molecule is CCNc1cnn(CCCCC#N)c(=O)c1. The minimum Gasteiger partial charge on any atom is -0.384 e. The third-order valence-corrected chi connectivity index (χ3v) is 2.16. The van der Waals surface area contributed by atoms with Gasteiger partial charge in [-0.1, -0.05) is 0 Å². The smallest absolute Gasteiger partial charge is 0.268 e. The maximum atomic E-state index is 11.6. The number of nitrogens with zero attached hydrogens (tertiary/aromatic N) is 3. The van der Waals surface area contributed by atoms with Gasteiger partial charge >= 0.3 is 0 Å². The van der Waals surface area contributed by atoms with Gasteiger partial charge in [0.2, 0.25) is 0 Å². The van der Waals surface area contributed by atoms with Gasteiger partial charge in [-0.05, 0) is 19.8 Å². The predicted molar refractivity (Wildman–Crippen MR) is 62.1 cm³/mol. The van der Waals surface area contributed by atoms with Crippen LogP contribution in [0, 0.1) is 11.3 Å². The van der Waals surface area contributed by atoms with Crippen molar-refractivity contribution in [3.8, 4) is 6.07 Å². The Balaban J connectivity index is 2.55. The van der Waals surface area contributed by atoms with Crippen molar-refractivity contribution in [2.45, 2.75) is 32.7 Å². The zero-order chi connectivity index (χ0) is 11.8. The lowest BCUT2D eigenvalue weighted by molar-refractivity contribution is 0.535. The number of hydrogen-bond donors (Lipinski definition) is 1. The monoisotopic (exact) mass is 220 g/mol. The van der Waals surface area contributed by atoms with E-state index in [1.165, 1.54) is 4.68 Å². The van der Waals surface area contributed by atoms with Gasteiger partial charge in [-0.2, -0.15) is 10.4 Å². The quantitative estimate of drug-likeness (QED) is 0.735. The van der Waals surface area contributed by atoms with E-state index in [4.69, 9.17) is 5.26 Å². The van der Waals surface area contributed by atoms with Gasteiger partial charge in [0.1, 0.15) is 0 Å². The first-order chi connectivity index (χ1) is 7.77. The van der Waals surface area contributed by atoms with Crippen LogP contribution >= 0.6 is 0 Å². The molecule has 1 heterocycles. The lowest BCUT2D eigenvalue weighted by atomic mass is 10.2. The summed E-state index contributed by atoms with van der Waals surface area (Å²) in [4.78, 5) is 11.6. The van der Waals surface area contributed by atoms with Gasteiger partial charge in [-0.3, -0.25) is 4.79 Å². The standard InChI is InChI=1S/C11H16N4O/c1-2-13-10-8-11(16)15(14-9-10)7-5-3-4-6-12/h8-9,13H,2-5,7H2,1H3. The van der Waals surface area contributed by atoms with Crippen molar-refractivity contribution in [1.82, 2.24) is 9.78 Å². The topological polar surface area (TPSA) is 70.7 Å². The Labute approximate surface area is 94.7 Å². The highest BCUT2D eigenvalue weighted by molar-refractivity contribution is 5.38. The van der Waals surface area contributed by atoms with Crippen molar-refractivity contribution in [3.63, 3.8) is 0 Å². The van der Waals surface area contributed by atoms with Crippen LogP contribution in [0.15, 0.2) is 17.1 Å². The Bertz CT molecular complexity index is 419. The summed E-state index contributed by atoms with van der Waals surface area (Å²) in [6.45, 7) is 3.31. The van der Waals surface area contributed by atoms with Crippen molar-refractivity contribution in [2.75, 3.05) is 11.9 Å². The highest BCUT2D eigenvalue weighted by Gasteiger charge is 1.99. The molecule has 0 aromatic carbocycles. The summed E-state index contributed by atoms with van der Waals surface area (Å²) in [5.41, 5.74) is 0.649. The van der Waals surface area contributed by atoms with E-state index >= 15 is 0 Å². The summed E-state index contributed by atoms with van der Waals surface area (Å²) >= 11 is 0. The highest BCUT2D eigenvalue weighted by Crippen LogP contribution is 2.00. The molecular formula is C11H16N4O. The zero-order valence-corrected chi connectivity index (χ0v) is 9.44. The Hall–Kier alpha value is -1.83. The maximum Gasteiger partial charge on any atom is 0.268 e. The van der Waals surface area contributed by atoms with Gasteiger partial charge in [0.25, 0.3) is 5.56 Å². The lowest BCUT2D eigenvalue weighted by Gasteiger charge is -2.05. The molecule has 0 amide bonds. The van der Waals surface area contributed by atoms with E-state index in [1.807, 2.05) is 6.92 Å². The van der Waals surface area contributed by atoms with E-state index in [0.29, 0.717) is 13.0 Å². The molecule has 1 N–H and O–H groups in total. The number of unbranched alkanes of at least 4 members (excludes halogenated alkanes) is 2. The molecule has 0 saturated carbocycles. The van der Waals surface area contributed by atoms with Crippen molar-refractivity contribution in [1.29, 1.82) is 5.26 Å². The van der Waals surface area contributed by atoms with Crippen LogP contribution in [0.4, 0.5) is 5.69 Å². The number of aromatic nitrogens is 2. The van der Waals surface area contributed by atoms with Crippen LogP contribution in [0.5, 0.6) is 0 Å². The number of nitriles is 1. The number of hydrogen-bond acceptors (Lipinski definition) is 4. The highest BCUT2D eigenvalue weighted by atomic mass is 16.1. The van der Waals surface area contributed by atoms with Gasteiger partial charge in [-0.15, -0.1) is 0 Å². The van der Waals surface area contributed by atoms with Gasteiger partial charge < -0.3 is 5.32 Å². The van der Waals surface area contributed by atoms with Crippen LogP contribution in [-0.4, -0.2) is 16.3 Å². The molecule has 86 valence electrons. The molecule has 0 saturated heterocycles. The zero-order valence-electron chi connectivity index (χ0n) is 9.44. The molecule has 0 fully saturated rings. The molecule has 16 heavy (non-hydrogen) atoms. The minimum atomic E-state index is -0.101. The molecule has 5 nitrogen and oxygen atoms in total. The molecule has 1 rings (SSSR count). The third-order valence-electron chi connectivity index (χ3n) is 2.16. The fourth-order valence-electron chi connectivity index (χ4n) is 1.37. The van der Waals surface area contributed by atoms with E-state index in [2.05, 4.69) is 16.5 Å². The van der Waals surface area contributed by atoms with Crippen LogP contribution in [0.1, 0.15) is 26.2 Å². The Morgan fingerprint density at radius 2 is 2.38 bits per heavy atom. The molecule has 0 aliphatic carbocycles. The molecule has 0 spiro atoms. The number of aryl methyl sites for hydroxylation is 1. The van der Waals surface area contributed by atoms with Gasteiger partial charge in [0.05, 0.1) is 18.0 Å². The van der Waals surface area contributed by atoms with E-state index in [-0.39, 0.29) is 5.56 Å². The predicted octanol–water partition coefficient (Wildman–Crippen LogP) is 1.37. The summed E-state index contributed by atoms with van der Waals surface area (Å²) in [5.74, 6) is 0. The first-order valence-electron chi connectivity index (χ1n) is 5.46. The van der Waals surface area contributed by atoms with Crippen molar-refractivity contribution >= 4 is 5.69 Å². The average molecular weight is 220 g/mol. The molecule has 0 bridgehead atoms. The minimum absolute atomic E-state index is 0.101. The van der Waals surface area contributed by atoms with E-state index in [0.717, 1.165) is 25.1 Å². The molecule has 0 radical (unpaired) electrons. The second kappa shape index (κ2) is 6.62. The van der Waals surface area contributed by atoms with Crippen molar-refractivity contribution < 1.29 is 0 Å². The summed E-state index contributed by atoms with van der Waals surface area (Å²) in [6, 6.07) is 3.62. The normalized spacial score (nSPS) is 9.75.